The lowest BCUT2D eigenvalue weighted by Gasteiger charge is -2.41. The molecule has 0 spiro atoms. The molecule has 4 heterocycles. The number of carbonyl (C=O) groups is 1. The molecule has 6 heteroatoms. The number of amides is 1. The molecular formula is C29H37N5O. The van der Waals surface area contributed by atoms with Crippen LogP contribution in [0.15, 0.2) is 48.8 Å². The van der Waals surface area contributed by atoms with Gasteiger partial charge in [-0.3, -0.25) is 4.79 Å². The molecule has 1 saturated carbocycles. The van der Waals surface area contributed by atoms with Crippen molar-refractivity contribution in [3.8, 4) is 11.1 Å². The largest absolute Gasteiger partial charge is 0.366 e. The highest BCUT2D eigenvalue weighted by Gasteiger charge is 2.37. The quantitative estimate of drug-likeness (QED) is 0.544. The molecule has 1 aliphatic carbocycles. The minimum Gasteiger partial charge on any atom is -0.366 e. The molecule has 2 aromatic heterocycles. The molecule has 3 fully saturated rings. The van der Waals surface area contributed by atoms with E-state index in [4.69, 9.17) is 0 Å². The zero-order valence-corrected chi connectivity index (χ0v) is 21.2. The van der Waals surface area contributed by atoms with Crippen LogP contribution in [0.5, 0.6) is 0 Å². The zero-order valence-electron chi connectivity index (χ0n) is 21.2. The molecular weight excluding hydrogens is 434 g/mol. The van der Waals surface area contributed by atoms with Crippen LogP contribution in [-0.2, 0) is 4.79 Å². The second kappa shape index (κ2) is 8.98. The Morgan fingerprint density at radius 3 is 2.46 bits per heavy atom. The third kappa shape index (κ3) is 4.33. The second-order valence-electron chi connectivity index (χ2n) is 11.1. The molecule has 2 aliphatic heterocycles. The fourth-order valence-electron chi connectivity index (χ4n) is 5.97. The van der Waals surface area contributed by atoms with Gasteiger partial charge in [0, 0.05) is 62.1 Å². The van der Waals surface area contributed by atoms with Gasteiger partial charge in [0.15, 0.2) is 0 Å². The number of hydrogen-bond acceptors (Lipinski definition) is 4. The smallest absolute Gasteiger partial charge is 0.226 e. The minimum atomic E-state index is 0.231. The molecule has 3 aromatic rings. The van der Waals surface area contributed by atoms with Gasteiger partial charge in [-0.05, 0) is 75.8 Å². The number of rotatable bonds is 5. The van der Waals surface area contributed by atoms with Crippen molar-refractivity contribution in [2.24, 2.45) is 5.92 Å². The summed E-state index contributed by atoms with van der Waals surface area (Å²) in [5, 5.41) is 4.60. The Morgan fingerprint density at radius 2 is 1.77 bits per heavy atom. The normalized spacial score (nSPS) is 23.5. The van der Waals surface area contributed by atoms with Gasteiger partial charge in [0.2, 0.25) is 5.91 Å². The van der Waals surface area contributed by atoms with Crippen molar-refractivity contribution in [3.05, 3.63) is 54.4 Å². The van der Waals surface area contributed by atoms with Crippen LogP contribution in [0.3, 0.4) is 0 Å². The van der Waals surface area contributed by atoms with E-state index in [-0.39, 0.29) is 6.04 Å². The van der Waals surface area contributed by atoms with E-state index in [1.165, 1.54) is 41.9 Å². The topological polar surface area (TPSA) is 44.1 Å². The lowest BCUT2D eigenvalue weighted by Crippen LogP contribution is -2.54. The first kappa shape index (κ1) is 22.6. The van der Waals surface area contributed by atoms with Crippen LogP contribution < -0.4 is 4.90 Å². The van der Waals surface area contributed by atoms with Crippen LogP contribution in [0.2, 0.25) is 0 Å². The second-order valence-corrected chi connectivity index (χ2v) is 11.1. The Hall–Kier alpha value is -2.86. The maximum absolute atomic E-state index is 12.6. The summed E-state index contributed by atoms with van der Waals surface area (Å²) in [5.74, 6) is 1.29. The molecule has 1 aromatic carbocycles. The van der Waals surface area contributed by atoms with E-state index in [1.54, 1.807) is 0 Å². The molecule has 6 nitrogen and oxygen atoms in total. The molecule has 0 radical (unpaired) electrons. The SMILES string of the molecule is CC(C)N1CC[C@@H](c2ccc(-c3cc4c(N5CCN(C(=O)C6CC6)[C@H](C)C5)ccnn4c3)cc2)C1. The number of fused-ring (bicyclic) bond motifs is 1. The molecule has 35 heavy (non-hydrogen) atoms. The average Bonchev–Trinajstić information content (AvgIpc) is 3.42. The highest BCUT2D eigenvalue weighted by Crippen LogP contribution is 2.34. The van der Waals surface area contributed by atoms with Gasteiger partial charge in [0.1, 0.15) is 0 Å². The summed E-state index contributed by atoms with van der Waals surface area (Å²) < 4.78 is 2.00. The summed E-state index contributed by atoms with van der Waals surface area (Å²) >= 11 is 0. The minimum absolute atomic E-state index is 0.231. The van der Waals surface area contributed by atoms with Crippen molar-refractivity contribution in [3.63, 3.8) is 0 Å². The average molecular weight is 472 g/mol. The van der Waals surface area contributed by atoms with Gasteiger partial charge in [-0.2, -0.15) is 5.10 Å². The molecule has 0 unspecified atom stereocenters. The van der Waals surface area contributed by atoms with E-state index >= 15 is 0 Å². The van der Waals surface area contributed by atoms with Crippen molar-refractivity contribution in [2.45, 2.75) is 58.0 Å². The summed E-state index contributed by atoms with van der Waals surface area (Å²) in [5.41, 5.74) is 6.21. The Balaban J connectivity index is 1.20. The molecule has 0 N–H and O–H groups in total. The van der Waals surface area contributed by atoms with E-state index in [1.807, 2.05) is 10.7 Å². The van der Waals surface area contributed by atoms with Crippen molar-refractivity contribution < 1.29 is 4.79 Å². The van der Waals surface area contributed by atoms with Crippen molar-refractivity contribution >= 4 is 17.1 Å². The van der Waals surface area contributed by atoms with Crippen LogP contribution in [0.4, 0.5) is 5.69 Å². The van der Waals surface area contributed by atoms with Crippen LogP contribution in [0.1, 0.15) is 51.5 Å². The summed E-state index contributed by atoms with van der Waals surface area (Å²) in [6.07, 6.45) is 7.42. The van der Waals surface area contributed by atoms with E-state index in [0.29, 0.717) is 23.8 Å². The summed E-state index contributed by atoms with van der Waals surface area (Å²) in [7, 11) is 0. The summed E-state index contributed by atoms with van der Waals surface area (Å²) in [6.45, 7) is 11.7. The van der Waals surface area contributed by atoms with Gasteiger partial charge in [-0.25, -0.2) is 4.52 Å². The number of anilines is 1. The molecule has 184 valence electrons. The first-order valence-corrected chi connectivity index (χ1v) is 13.3. The maximum atomic E-state index is 12.6. The van der Waals surface area contributed by atoms with Crippen LogP contribution >= 0.6 is 0 Å². The molecule has 6 rings (SSSR count). The predicted octanol–water partition coefficient (Wildman–Crippen LogP) is 4.65. The van der Waals surface area contributed by atoms with Gasteiger partial charge in [-0.1, -0.05) is 24.3 Å². The number of likely N-dealkylation sites (tertiary alicyclic amines) is 1. The van der Waals surface area contributed by atoms with Crippen LogP contribution in [0.25, 0.3) is 16.6 Å². The lowest BCUT2D eigenvalue weighted by atomic mass is 9.96. The monoisotopic (exact) mass is 471 g/mol. The first-order chi connectivity index (χ1) is 17.0. The van der Waals surface area contributed by atoms with Crippen molar-refractivity contribution in [1.29, 1.82) is 0 Å². The highest BCUT2D eigenvalue weighted by atomic mass is 16.2. The van der Waals surface area contributed by atoms with E-state index in [9.17, 15) is 4.79 Å². The van der Waals surface area contributed by atoms with Gasteiger partial charge < -0.3 is 14.7 Å². The third-order valence-electron chi connectivity index (χ3n) is 8.33. The van der Waals surface area contributed by atoms with Crippen LogP contribution in [0, 0.1) is 5.92 Å². The van der Waals surface area contributed by atoms with Gasteiger partial charge in [0.05, 0.1) is 11.2 Å². The number of carbonyl (C=O) groups excluding carboxylic acids is 1. The third-order valence-corrected chi connectivity index (χ3v) is 8.33. The number of aromatic nitrogens is 2. The fraction of sp³-hybridized carbons (Fsp3) is 0.517. The molecule has 0 bridgehead atoms. The van der Waals surface area contributed by atoms with Gasteiger partial charge >= 0.3 is 0 Å². The summed E-state index contributed by atoms with van der Waals surface area (Å²) in [6, 6.07) is 14.4. The van der Waals surface area contributed by atoms with E-state index in [2.05, 4.69) is 83.2 Å². The number of hydrogen-bond donors (Lipinski definition) is 0. The van der Waals surface area contributed by atoms with Gasteiger partial charge in [0.25, 0.3) is 0 Å². The molecule has 3 aliphatic rings. The fourth-order valence-corrected chi connectivity index (χ4v) is 5.97. The Bertz CT molecular complexity index is 1210. The molecule has 1 amide bonds. The van der Waals surface area contributed by atoms with Crippen LogP contribution in [-0.4, -0.2) is 70.1 Å². The van der Waals surface area contributed by atoms with Gasteiger partial charge in [-0.15, -0.1) is 0 Å². The van der Waals surface area contributed by atoms with Crippen molar-refractivity contribution in [1.82, 2.24) is 19.4 Å². The Morgan fingerprint density at radius 1 is 0.971 bits per heavy atom. The van der Waals surface area contributed by atoms with E-state index < -0.39 is 0 Å². The Labute approximate surface area is 208 Å². The van der Waals surface area contributed by atoms with Crippen molar-refractivity contribution in [2.75, 3.05) is 37.6 Å². The number of nitrogens with zero attached hydrogens (tertiary/aromatic N) is 5. The summed E-state index contributed by atoms with van der Waals surface area (Å²) in [4.78, 5) is 19.7. The predicted molar refractivity (Wildman–Crippen MR) is 141 cm³/mol. The Kier molecular flexibility index (Phi) is 5.79. The maximum Gasteiger partial charge on any atom is 0.226 e. The number of benzene rings is 1. The standard InChI is InChI=1S/C29H37N5O/c1-20(2)31-13-11-25(18-31)22-4-6-23(7-5-22)26-16-28-27(10-12-30-34(28)19-26)32-14-15-33(21(3)17-32)29(35)24-8-9-24/h4-7,10,12,16,19-21,24-25H,8-9,11,13-15,17-18H2,1-3H3/t21-,25-/m1/s1. The molecule has 2 atom stereocenters. The first-order valence-electron chi connectivity index (χ1n) is 13.3. The lowest BCUT2D eigenvalue weighted by molar-refractivity contribution is -0.134. The highest BCUT2D eigenvalue weighted by molar-refractivity contribution is 5.83. The number of piperazine rings is 1. The zero-order chi connectivity index (χ0) is 24.1. The van der Waals surface area contributed by atoms with E-state index in [0.717, 1.165) is 38.0 Å². The molecule has 2 saturated heterocycles.